The van der Waals surface area contributed by atoms with Crippen LogP contribution in [0.15, 0.2) is 51.8 Å². The average molecular weight is 481 g/mol. The highest BCUT2D eigenvalue weighted by Gasteiger charge is 2.12. The van der Waals surface area contributed by atoms with Crippen molar-refractivity contribution in [2.75, 3.05) is 5.32 Å². The standard InChI is InChI=1S/C14H14BrIN2O2S/c1-9(10-2-4-11(16)5-3-10)18-14-7-6-12(8-13(14)15)21(17,19)20/h2-9,18H,1H3,(H2,17,19,20). The normalized spacial score (nSPS) is 13.0. The Hall–Kier alpha value is -0.640. The van der Waals surface area contributed by atoms with Gasteiger partial charge in [0.1, 0.15) is 0 Å². The van der Waals surface area contributed by atoms with Gasteiger partial charge in [0.2, 0.25) is 10.0 Å². The third-order valence-corrected chi connectivity index (χ3v) is 5.30. The SMILES string of the molecule is CC(Nc1ccc(S(N)(=O)=O)cc1Br)c1ccc(I)cc1. The molecule has 0 aliphatic carbocycles. The molecule has 0 bridgehead atoms. The van der Waals surface area contributed by atoms with E-state index in [-0.39, 0.29) is 10.9 Å². The number of halogens is 2. The van der Waals surface area contributed by atoms with E-state index in [9.17, 15) is 8.42 Å². The van der Waals surface area contributed by atoms with Crippen molar-refractivity contribution in [1.29, 1.82) is 0 Å². The number of benzene rings is 2. The number of hydrogen-bond acceptors (Lipinski definition) is 3. The minimum absolute atomic E-state index is 0.0850. The van der Waals surface area contributed by atoms with Crippen LogP contribution in [-0.4, -0.2) is 8.42 Å². The molecule has 0 heterocycles. The first-order valence-electron chi connectivity index (χ1n) is 6.12. The first-order chi connectivity index (χ1) is 9.77. The molecule has 2 aromatic rings. The molecule has 0 radical (unpaired) electrons. The van der Waals surface area contributed by atoms with Crippen molar-refractivity contribution in [2.45, 2.75) is 17.9 Å². The Bertz CT molecular complexity index is 748. The fourth-order valence-corrected chi connectivity index (χ4v) is 3.40. The van der Waals surface area contributed by atoms with Gasteiger partial charge in [-0.15, -0.1) is 0 Å². The van der Waals surface area contributed by atoms with Crippen LogP contribution < -0.4 is 10.5 Å². The van der Waals surface area contributed by atoms with Gasteiger partial charge < -0.3 is 5.32 Å². The molecule has 0 amide bonds. The predicted octanol–water partition coefficient (Wildman–Crippen LogP) is 3.87. The third-order valence-electron chi connectivity index (χ3n) is 3.01. The zero-order chi connectivity index (χ0) is 15.6. The molecule has 1 unspecified atom stereocenters. The molecule has 112 valence electrons. The molecule has 0 aliphatic heterocycles. The number of nitrogens with one attached hydrogen (secondary N) is 1. The summed E-state index contributed by atoms with van der Waals surface area (Å²) in [6, 6.07) is 13.0. The maximum atomic E-state index is 11.3. The molecule has 0 spiro atoms. The van der Waals surface area contributed by atoms with Gasteiger partial charge in [0.25, 0.3) is 0 Å². The van der Waals surface area contributed by atoms with E-state index < -0.39 is 10.0 Å². The number of hydrogen-bond donors (Lipinski definition) is 2. The maximum absolute atomic E-state index is 11.3. The van der Waals surface area contributed by atoms with Crippen LogP contribution >= 0.6 is 38.5 Å². The first-order valence-corrected chi connectivity index (χ1v) is 9.53. The molecule has 21 heavy (non-hydrogen) atoms. The van der Waals surface area contributed by atoms with Crippen molar-refractivity contribution in [3.63, 3.8) is 0 Å². The van der Waals surface area contributed by atoms with E-state index in [1.54, 1.807) is 6.07 Å². The monoisotopic (exact) mass is 480 g/mol. The molecular weight excluding hydrogens is 467 g/mol. The van der Waals surface area contributed by atoms with Gasteiger partial charge in [0.15, 0.2) is 0 Å². The zero-order valence-electron chi connectivity index (χ0n) is 11.2. The fourth-order valence-electron chi connectivity index (χ4n) is 1.86. The van der Waals surface area contributed by atoms with Crippen LogP contribution in [0.4, 0.5) is 5.69 Å². The molecule has 0 saturated heterocycles. The Morgan fingerprint density at radius 1 is 1.19 bits per heavy atom. The van der Waals surface area contributed by atoms with Crippen LogP contribution in [0.1, 0.15) is 18.5 Å². The lowest BCUT2D eigenvalue weighted by Gasteiger charge is -2.17. The smallest absolute Gasteiger partial charge is 0.238 e. The molecule has 7 heteroatoms. The molecule has 0 aliphatic rings. The molecule has 3 N–H and O–H groups in total. The van der Waals surface area contributed by atoms with Crippen LogP contribution in [0.3, 0.4) is 0 Å². The van der Waals surface area contributed by atoms with Crippen molar-refractivity contribution >= 4 is 54.2 Å². The molecule has 0 aromatic heterocycles. The topological polar surface area (TPSA) is 72.2 Å². The van der Waals surface area contributed by atoms with Gasteiger partial charge in [-0.1, -0.05) is 12.1 Å². The highest BCUT2D eigenvalue weighted by atomic mass is 127. The second kappa shape index (κ2) is 6.64. The van der Waals surface area contributed by atoms with Crippen molar-refractivity contribution in [3.8, 4) is 0 Å². The summed E-state index contributed by atoms with van der Waals surface area (Å²) in [6.45, 7) is 2.04. The molecule has 2 aromatic carbocycles. The number of primary sulfonamides is 1. The highest BCUT2D eigenvalue weighted by molar-refractivity contribution is 14.1. The molecule has 1 atom stereocenters. The summed E-state index contributed by atoms with van der Waals surface area (Å²) in [5.74, 6) is 0. The zero-order valence-corrected chi connectivity index (χ0v) is 15.7. The van der Waals surface area contributed by atoms with E-state index in [2.05, 4.69) is 56.0 Å². The maximum Gasteiger partial charge on any atom is 0.238 e. The predicted molar refractivity (Wildman–Crippen MR) is 96.7 cm³/mol. The Labute approximate surface area is 146 Å². The Morgan fingerprint density at radius 3 is 2.33 bits per heavy atom. The van der Waals surface area contributed by atoms with E-state index in [1.165, 1.54) is 15.7 Å². The van der Waals surface area contributed by atoms with Gasteiger partial charge in [0.05, 0.1) is 4.90 Å². The van der Waals surface area contributed by atoms with Gasteiger partial charge in [-0.05, 0) is 81.3 Å². The Kier molecular flexibility index (Phi) is 5.29. The van der Waals surface area contributed by atoms with E-state index in [4.69, 9.17) is 5.14 Å². The summed E-state index contributed by atoms with van der Waals surface area (Å²) in [5, 5.41) is 8.45. The lowest BCUT2D eigenvalue weighted by atomic mass is 10.1. The van der Waals surface area contributed by atoms with Crippen LogP contribution in [0, 0.1) is 3.57 Å². The Balaban J connectivity index is 2.22. The quantitative estimate of drug-likeness (QED) is 0.652. The third kappa shape index (κ3) is 4.41. The molecular formula is C14H14BrIN2O2S. The number of nitrogens with two attached hydrogens (primary N) is 1. The van der Waals surface area contributed by atoms with Crippen LogP contribution in [-0.2, 0) is 10.0 Å². The van der Waals surface area contributed by atoms with Gasteiger partial charge in [-0.25, -0.2) is 13.6 Å². The van der Waals surface area contributed by atoms with E-state index in [1.807, 2.05) is 19.1 Å². The largest absolute Gasteiger partial charge is 0.378 e. The summed E-state index contributed by atoms with van der Waals surface area (Å²) >= 11 is 5.63. The van der Waals surface area contributed by atoms with Gasteiger partial charge in [-0.3, -0.25) is 0 Å². The lowest BCUT2D eigenvalue weighted by molar-refractivity contribution is 0.598. The molecule has 0 saturated carbocycles. The van der Waals surface area contributed by atoms with Crippen LogP contribution in [0.2, 0.25) is 0 Å². The highest BCUT2D eigenvalue weighted by Crippen LogP contribution is 2.28. The fraction of sp³-hybridized carbons (Fsp3) is 0.143. The van der Waals surface area contributed by atoms with Crippen molar-refractivity contribution in [1.82, 2.24) is 0 Å². The summed E-state index contributed by atoms with van der Waals surface area (Å²) < 4.78 is 24.5. The minimum Gasteiger partial charge on any atom is -0.378 e. The Morgan fingerprint density at radius 2 is 1.81 bits per heavy atom. The van der Waals surface area contributed by atoms with Crippen LogP contribution in [0.5, 0.6) is 0 Å². The van der Waals surface area contributed by atoms with E-state index in [0.29, 0.717) is 4.47 Å². The second-order valence-corrected chi connectivity index (χ2v) is 8.27. The van der Waals surface area contributed by atoms with E-state index >= 15 is 0 Å². The van der Waals surface area contributed by atoms with Gasteiger partial charge in [0, 0.05) is 19.8 Å². The second-order valence-electron chi connectivity index (χ2n) is 4.60. The summed E-state index contributed by atoms with van der Waals surface area (Å²) in [6.07, 6.45) is 0. The minimum atomic E-state index is -3.69. The van der Waals surface area contributed by atoms with Gasteiger partial charge in [-0.2, -0.15) is 0 Å². The van der Waals surface area contributed by atoms with Crippen LogP contribution in [0.25, 0.3) is 0 Å². The molecule has 2 rings (SSSR count). The van der Waals surface area contributed by atoms with Crippen molar-refractivity contribution < 1.29 is 8.42 Å². The molecule has 0 fully saturated rings. The summed E-state index contributed by atoms with van der Waals surface area (Å²) in [7, 11) is -3.69. The average Bonchev–Trinajstić information content (AvgIpc) is 2.40. The van der Waals surface area contributed by atoms with Crippen molar-refractivity contribution in [2.24, 2.45) is 5.14 Å². The summed E-state index contributed by atoms with van der Waals surface area (Å²) in [4.78, 5) is 0.0850. The van der Waals surface area contributed by atoms with E-state index in [0.717, 1.165) is 11.3 Å². The first kappa shape index (κ1) is 16.7. The lowest BCUT2D eigenvalue weighted by Crippen LogP contribution is -2.12. The number of anilines is 1. The molecule has 4 nitrogen and oxygen atoms in total. The number of rotatable bonds is 4. The van der Waals surface area contributed by atoms with Gasteiger partial charge >= 0.3 is 0 Å². The number of sulfonamides is 1. The van der Waals surface area contributed by atoms with Crippen molar-refractivity contribution in [3.05, 3.63) is 56.1 Å². The summed E-state index contributed by atoms with van der Waals surface area (Å²) in [5.41, 5.74) is 1.96.